The van der Waals surface area contributed by atoms with Gasteiger partial charge in [-0.1, -0.05) is 0 Å². The molecule has 0 aromatic heterocycles. The number of hydrogen-bond donors (Lipinski definition) is 2. The first-order valence-electron chi connectivity index (χ1n) is 3.19. The van der Waals surface area contributed by atoms with Gasteiger partial charge in [0.15, 0.2) is 5.70 Å². The molecule has 6 nitrogen and oxygen atoms in total. The summed E-state index contributed by atoms with van der Waals surface area (Å²) in [6.45, 7) is 0. The van der Waals surface area contributed by atoms with Gasteiger partial charge >= 0.3 is 6.03 Å². The normalized spacial score (nSPS) is 26.9. The Labute approximate surface area is 68.7 Å². The molecule has 6 heteroatoms. The van der Waals surface area contributed by atoms with E-state index in [1.807, 2.05) is 0 Å². The summed E-state index contributed by atoms with van der Waals surface area (Å²) in [6.07, 6.45) is 2.55. The maximum absolute atomic E-state index is 10.8. The van der Waals surface area contributed by atoms with Gasteiger partial charge in [-0.15, -0.1) is 0 Å². The van der Waals surface area contributed by atoms with Crippen LogP contribution in [0, 0.1) is 0 Å². The van der Waals surface area contributed by atoms with Gasteiger partial charge in [0.25, 0.3) is 5.91 Å². The molecule has 0 radical (unpaired) electrons. The summed E-state index contributed by atoms with van der Waals surface area (Å²) in [5, 5.41) is 0. The second-order valence-corrected chi connectivity index (χ2v) is 2.61. The third-order valence-electron chi connectivity index (χ3n) is 1.55. The van der Waals surface area contributed by atoms with Crippen LogP contribution in [-0.2, 0) is 4.79 Å². The first-order valence-corrected chi connectivity index (χ1v) is 3.19. The third-order valence-corrected chi connectivity index (χ3v) is 1.55. The van der Waals surface area contributed by atoms with Crippen molar-refractivity contribution in [1.29, 1.82) is 0 Å². The molecular weight excluding hydrogens is 160 g/mol. The molecule has 4 N–H and O–H groups in total. The van der Waals surface area contributed by atoms with Crippen LogP contribution in [0.15, 0.2) is 16.9 Å². The van der Waals surface area contributed by atoms with Crippen molar-refractivity contribution in [1.82, 2.24) is 0 Å². The van der Waals surface area contributed by atoms with Gasteiger partial charge in [-0.2, -0.15) is 9.48 Å². The zero-order valence-electron chi connectivity index (χ0n) is 6.52. The van der Waals surface area contributed by atoms with E-state index < -0.39 is 11.9 Å². The number of carbonyl (C=O) groups is 2. The van der Waals surface area contributed by atoms with Crippen LogP contribution in [0.25, 0.3) is 0 Å². The summed E-state index contributed by atoms with van der Waals surface area (Å²) < 4.78 is -0.321. The number of amides is 3. The van der Waals surface area contributed by atoms with Crippen molar-refractivity contribution in [2.75, 3.05) is 7.05 Å². The Hall–Kier alpha value is -1.69. The largest absolute Gasteiger partial charge is 0.424 e. The Balaban J connectivity index is 2.99. The molecule has 1 atom stereocenters. The number of hydrogen-bond acceptors (Lipinski definition) is 3. The molecule has 1 aliphatic rings. The lowest BCUT2D eigenvalue weighted by molar-refractivity contribution is -0.663. The zero-order valence-corrected chi connectivity index (χ0v) is 6.52. The number of urea groups is 1. The number of quaternary nitrogens is 1. The Kier molecular flexibility index (Phi) is 1.69. The fraction of sp³-hybridized carbons (Fsp3) is 0.167. The minimum atomic E-state index is -0.672. The average Bonchev–Trinajstić information content (AvgIpc) is 2.33. The fourth-order valence-corrected chi connectivity index (χ4v) is 0.751. The monoisotopic (exact) mass is 169 g/mol. The average molecular weight is 169 g/mol. The van der Waals surface area contributed by atoms with E-state index in [1.54, 1.807) is 0 Å². The van der Waals surface area contributed by atoms with Crippen LogP contribution in [-0.4, -0.2) is 29.8 Å². The molecule has 0 saturated heterocycles. The number of carbonyl (C=O) groups excluding carboxylic acids is 2. The van der Waals surface area contributed by atoms with Crippen LogP contribution in [0.5, 0.6) is 0 Å². The van der Waals surface area contributed by atoms with Crippen LogP contribution >= 0.6 is 0 Å². The number of rotatable bonds is 1. The Morgan fingerprint density at radius 3 is 2.33 bits per heavy atom. The highest BCUT2D eigenvalue weighted by Crippen LogP contribution is 2.12. The van der Waals surface area contributed by atoms with Crippen molar-refractivity contribution in [3.05, 3.63) is 11.9 Å². The first kappa shape index (κ1) is 8.41. The van der Waals surface area contributed by atoms with Crippen molar-refractivity contribution in [3.8, 4) is 0 Å². The molecule has 0 saturated carbocycles. The van der Waals surface area contributed by atoms with Crippen molar-refractivity contribution in [3.63, 3.8) is 0 Å². The second-order valence-electron chi connectivity index (χ2n) is 2.61. The molecule has 0 bridgehead atoms. The van der Waals surface area contributed by atoms with E-state index in [0.29, 0.717) is 0 Å². The van der Waals surface area contributed by atoms with Gasteiger partial charge < -0.3 is 11.5 Å². The maximum Gasteiger partial charge on any atom is 0.424 e. The lowest BCUT2D eigenvalue weighted by Crippen LogP contribution is -2.45. The minimum Gasteiger partial charge on any atom is -0.364 e. The molecule has 1 unspecified atom stereocenters. The Morgan fingerprint density at radius 1 is 1.50 bits per heavy atom. The predicted molar refractivity (Wildman–Crippen MR) is 41.5 cm³/mol. The third kappa shape index (κ3) is 1.19. The number of aliphatic imine (C=N–C) groups is 1. The maximum atomic E-state index is 10.8. The van der Waals surface area contributed by atoms with Gasteiger partial charge in [-0.3, -0.25) is 4.79 Å². The van der Waals surface area contributed by atoms with Crippen LogP contribution in [0.2, 0.25) is 0 Å². The Morgan fingerprint density at radius 2 is 2.08 bits per heavy atom. The van der Waals surface area contributed by atoms with Gasteiger partial charge in [0.2, 0.25) is 6.34 Å². The van der Waals surface area contributed by atoms with Gasteiger partial charge in [0, 0.05) is 0 Å². The number of nitrogens with zero attached hydrogens (tertiary/aromatic N) is 2. The minimum absolute atomic E-state index is 0.0521. The molecule has 0 fully saturated rings. The SMILES string of the molecule is C[N+]1(C(N)=O)C=NC(C(N)=O)=C1. The number of primary amides is 2. The molecule has 1 heterocycles. The van der Waals surface area contributed by atoms with Crippen LogP contribution in [0.1, 0.15) is 0 Å². The molecule has 3 amide bonds. The highest BCUT2D eigenvalue weighted by atomic mass is 16.2. The van der Waals surface area contributed by atoms with Gasteiger partial charge in [0.05, 0.1) is 7.05 Å². The highest BCUT2D eigenvalue weighted by molar-refractivity contribution is 5.94. The van der Waals surface area contributed by atoms with Crippen LogP contribution in [0.4, 0.5) is 4.79 Å². The fourth-order valence-electron chi connectivity index (χ4n) is 0.751. The summed E-state index contributed by atoms with van der Waals surface area (Å²) in [5.74, 6) is -0.672. The van der Waals surface area contributed by atoms with E-state index in [4.69, 9.17) is 11.5 Å². The van der Waals surface area contributed by atoms with Crippen molar-refractivity contribution in [2.45, 2.75) is 0 Å². The molecule has 64 valence electrons. The van der Waals surface area contributed by atoms with Crippen molar-refractivity contribution >= 4 is 18.3 Å². The summed E-state index contributed by atoms with van der Waals surface area (Å²) in [4.78, 5) is 25.0. The standard InChI is InChI=1S/C6H8N4O2/c1-10(6(8)12)2-4(5(7)11)9-3-10/h2-3H,1H3,(H3-,7,8,11,12)/p+1. The van der Waals surface area contributed by atoms with E-state index in [1.165, 1.54) is 19.6 Å². The highest BCUT2D eigenvalue weighted by Gasteiger charge is 2.32. The van der Waals surface area contributed by atoms with Gasteiger partial charge in [-0.05, 0) is 0 Å². The van der Waals surface area contributed by atoms with Crippen molar-refractivity contribution < 1.29 is 14.1 Å². The molecule has 0 aliphatic carbocycles. The van der Waals surface area contributed by atoms with Crippen molar-refractivity contribution in [2.24, 2.45) is 16.5 Å². The second kappa shape index (κ2) is 2.42. The first-order chi connectivity index (χ1) is 5.46. The van der Waals surface area contributed by atoms with E-state index in [9.17, 15) is 9.59 Å². The topological polar surface area (TPSA) is 98.5 Å². The summed E-state index contributed by atoms with van der Waals surface area (Å²) >= 11 is 0. The molecule has 0 spiro atoms. The van der Waals surface area contributed by atoms with Gasteiger partial charge in [0.1, 0.15) is 6.20 Å². The summed E-state index contributed by atoms with van der Waals surface area (Å²) in [6, 6.07) is -0.616. The molecule has 0 aromatic rings. The smallest absolute Gasteiger partial charge is 0.364 e. The zero-order chi connectivity index (χ0) is 9.35. The Bertz CT molecular complexity index is 307. The van der Waals surface area contributed by atoms with Crippen LogP contribution < -0.4 is 11.5 Å². The van der Waals surface area contributed by atoms with E-state index in [2.05, 4.69) is 4.99 Å². The summed E-state index contributed by atoms with van der Waals surface area (Å²) in [5.41, 5.74) is 10.0. The molecule has 1 aliphatic heterocycles. The lowest BCUT2D eigenvalue weighted by atomic mass is 10.4. The molecular formula is C6H9N4O2+. The van der Waals surface area contributed by atoms with E-state index >= 15 is 0 Å². The molecule has 0 aromatic carbocycles. The van der Waals surface area contributed by atoms with E-state index in [0.717, 1.165) is 0 Å². The quantitative estimate of drug-likeness (QED) is 0.486. The van der Waals surface area contributed by atoms with Gasteiger partial charge in [-0.25, -0.2) is 4.79 Å². The predicted octanol–water partition coefficient (Wildman–Crippen LogP) is -1.12. The molecule has 1 rings (SSSR count). The van der Waals surface area contributed by atoms with E-state index in [-0.39, 0.29) is 10.2 Å². The summed E-state index contributed by atoms with van der Waals surface area (Å²) in [7, 11) is 1.50. The molecule has 12 heavy (non-hydrogen) atoms. The van der Waals surface area contributed by atoms with Crippen LogP contribution in [0.3, 0.4) is 0 Å². The lowest BCUT2D eigenvalue weighted by Gasteiger charge is -2.13. The number of nitrogens with two attached hydrogens (primary N) is 2.